The molecule has 0 spiro atoms. The molecule has 0 saturated heterocycles. The molecule has 2 rings (SSSR count). The average Bonchev–Trinajstić information content (AvgIpc) is 2.74. The molecule has 0 radical (unpaired) electrons. The molecule has 0 saturated carbocycles. The first kappa shape index (κ1) is 15.8. The molecule has 3 nitrogen and oxygen atoms in total. The predicted octanol–water partition coefficient (Wildman–Crippen LogP) is 3.82. The summed E-state index contributed by atoms with van der Waals surface area (Å²) < 4.78 is 2.11. The number of benzene rings is 1. The Bertz CT molecular complexity index is 626. The Morgan fingerprint density at radius 1 is 1.19 bits per heavy atom. The topological polar surface area (TPSA) is 29.9 Å². The molecule has 3 heteroatoms. The lowest BCUT2D eigenvalue weighted by Crippen LogP contribution is -2.20. The maximum atomic E-state index is 4.80. The number of likely N-dealkylation sites (N-methyl/N-ethyl adjacent to an activating group) is 1. The van der Waals surface area contributed by atoms with Gasteiger partial charge >= 0.3 is 0 Å². The third kappa shape index (κ3) is 3.18. The summed E-state index contributed by atoms with van der Waals surface area (Å²) in [5.41, 5.74) is 7.49. The van der Waals surface area contributed by atoms with Crippen molar-refractivity contribution in [1.82, 2.24) is 15.1 Å². The highest BCUT2D eigenvalue weighted by molar-refractivity contribution is 5.45. The molecule has 1 heterocycles. The van der Waals surface area contributed by atoms with Gasteiger partial charge in [0.1, 0.15) is 0 Å². The number of rotatable bonds is 5. The first-order chi connectivity index (χ1) is 9.95. The fourth-order valence-corrected chi connectivity index (χ4v) is 3.01. The van der Waals surface area contributed by atoms with Crippen LogP contribution in [0.1, 0.15) is 47.8 Å². The van der Waals surface area contributed by atoms with Crippen LogP contribution in [0.5, 0.6) is 0 Å². The highest BCUT2D eigenvalue weighted by atomic mass is 15.3. The molecule has 0 amide bonds. The molecular weight excluding hydrogens is 258 g/mol. The molecule has 2 aromatic rings. The summed E-state index contributed by atoms with van der Waals surface area (Å²) in [6, 6.07) is 6.54. The van der Waals surface area contributed by atoms with Crippen LogP contribution in [-0.2, 0) is 0 Å². The maximum Gasteiger partial charge on any atom is 0.0680 e. The highest BCUT2D eigenvalue weighted by Crippen LogP contribution is 2.26. The van der Waals surface area contributed by atoms with Crippen LogP contribution in [-0.4, -0.2) is 22.9 Å². The minimum absolute atomic E-state index is 0.476. The van der Waals surface area contributed by atoms with Gasteiger partial charge in [0.2, 0.25) is 0 Å². The standard InChI is InChI=1S/C18H27N3/c1-7-19-11-14(4)18-15(5)20-21(16(18)6)17-10-12(2)8-9-13(17)3/h8-10,14,19H,7,11H2,1-6H3. The van der Waals surface area contributed by atoms with Gasteiger partial charge in [0, 0.05) is 17.8 Å². The van der Waals surface area contributed by atoms with Gasteiger partial charge in [-0.1, -0.05) is 26.0 Å². The number of aryl methyl sites for hydroxylation is 3. The van der Waals surface area contributed by atoms with E-state index in [9.17, 15) is 0 Å². The molecule has 114 valence electrons. The van der Waals surface area contributed by atoms with Gasteiger partial charge in [-0.15, -0.1) is 0 Å². The second kappa shape index (κ2) is 6.44. The average molecular weight is 285 g/mol. The van der Waals surface area contributed by atoms with Crippen LogP contribution in [0.4, 0.5) is 0 Å². The van der Waals surface area contributed by atoms with Crippen LogP contribution in [0.15, 0.2) is 18.2 Å². The van der Waals surface area contributed by atoms with E-state index in [2.05, 4.69) is 69.7 Å². The van der Waals surface area contributed by atoms with Gasteiger partial charge in [0.25, 0.3) is 0 Å². The Hall–Kier alpha value is -1.61. The Morgan fingerprint density at radius 2 is 1.90 bits per heavy atom. The molecule has 0 fully saturated rings. The van der Waals surface area contributed by atoms with Crippen molar-refractivity contribution in [2.45, 2.75) is 47.5 Å². The van der Waals surface area contributed by atoms with E-state index in [0.717, 1.165) is 18.8 Å². The fraction of sp³-hybridized carbons (Fsp3) is 0.500. The Kier molecular flexibility index (Phi) is 4.84. The van der Waals surface area contributed by atoms with Crippen LogP contribution in [0, 0.1) is 27.7 Å². The molecule has 1 aromatic heterocycles. The van der Waals surface area contributed by atoms with Gasteiger partial charge in [0.05, 0.1) is 11.4 Å². The van der Waals surface area contributed by atoms with E-state index in [0.29, 0.717) is 5.92 Å². The van der Waals surface area contributed by atoms with Crippen LogP contribution >= 0.6 is 0 Å². The molecule has 0 aliphatic heterocycles. The van der Waals surface area contributed by atoms with Crippen molar-refractivity contribution in [2.24, 2.45) is 0 Å². The van der Waals surface area contributed by atoms with E-state index in [-0.39, 0.29) is 0 Å². The minimum Gasteiger partial charge on any atom is -0.316 e. The Balaban J connectivity index is 2.45. The number of hydrogen-bond donors (Lipinski definition) is 1. The summed E-state index contributed by atoms with van der Waals surface area (Å²) in [5.74, 6) is 0.476. The van der Waals surface area contributed by atoms with E-state index in [1.165, 1.54) is 28.1 Å². The molecule has 21 heavy (non-hydrogen) atoms. The first-order valence-electron chi connectivity index (χ1n) is 7.80. The Labute approximate surface area is 128 Å². The normalized spacial score (nSPS) is 12.7. The number of nitrogens with one attached hydrogen (secondary N) is 1. The van der Waals surface area contributed by atoms with Gasteiger partial charge in [-0.3, -0.25) is 0 Å². The molecule has 1 aromatic carbocycles. The zero-order valence-electron chi connectivity index (χ0n) is 14.1. The van der Waals surface area contributed by atoms with Crippen LogP contribution in [0.2, 0.25) is 0 Å². The predicted molar refractivity (Wildman–Crippen MR) is 89.5 cm³/mol. The van der Waals surface area contributed by atoms with Gasteiger partial charge < -0.3 is 5.32 Å². The summed E-state index contributed by atoms with van der Waals surface area (Å²) in [6.45, 7) is 15.0. The summed E-state index contributed by atoms with van der Waals surface area (Å²) in [6.07, 6.45) is 0. The van der Waals surface area contributed by atoms with Crippen molar-refractivity contribution in [3.8, 4) is 5.69 Å². The SMILES string of the molecule is CCNCC(C)c1c(C)nn(-c2cc(C)ccc2C)c1C. The first-order valence-corrected chi connectivity index (χ1v) is 7.80. The quantitative estimate of drug-likeness (QED) is 0.905. The molecule has 0 bridgehead atoms. The summed E-state index contributed by atoms with van der Waals surface area (Å²) in [5, 5.41) is 8.23. The lowest BCUT2D eigenvalue weighted by atomic mass is 9.99. The molecule has 0 aliphatic carbocycles. The van der Waals surface area contributed by atoms with Crippen LogP contribution in [0.3, 0.4) is 0 Å². The van der Waals surface area contributed by atoms with Gasteiger partial charge in [-0.05, 0) is 57.4 Å². The molecule has 1 N–H and O–H groups in total. The minimum atomic E-state index is 0.476. The van der Waals surface area contributed by atoms with Crippen molar-refractivity contribution in [1.29, 1.82) is 0 Å². The third-order valence-corrected chi connectivity index (χ3v) is 4.13. The van der Waals surface area contributed by atoms with Crippen molar-refractivity contribution in [2.75, 3.05) is 13.1 Å². The zero-order valence-corrected chi connectivity index (χ0v) is 14.1. The summed E-state index contributed by atoms with van der Waals surface area (Å²) in [4.78, 5) is 0. The Morgan fingerprint density at radius 3 is 2.57 bits per heavy atom. The van der Waals surface area contributed by atoms with E-state index < -0.39 is 0 Å². The molecule has 0 aliphatic rings. The molecule has 1 atom stereocenters. The number of aromatic nitrogens is 2. The lowest BCUT2D eigenvalue weighted by Gasteiger charge is -2.14. The van der Waals surface area contributed by atoms with E-state index >= 15 is 0 Å². The number of nitrogens with zero attached hydrogens (tertiary/aromatic N) is 2. The van der Waals surface area contributed by atoms with Crippen molar-refractivity contribution in [3.63, 3.8) is 0 Å². The smallest absolute Gasteiger partial charge is 0.0680 e. The van der Waals surface area contributed by atoms with Crippen molar-refractivity contribution >= 4 is 0 Å². The molecule has 1 unspecified atom stereocenters. The second-order valence-corrected chi connectivity index (χ2v) is 5.99. The van der Waals surface area contributed by atoms with Crippen molar-refractivity contribution in [3.05, 3.63) is 46.3 Å². The van der Waals surface area contributed by atoms with E-state index in [1.54, 1.807) is 0 Å². The molecular formula is C18H27N3. The summed E-state index contributed by atoms with van der Waals surface area (Å²) >= 11 is 0. The van der Waals surface area contributed by atoms with Crippen molar-refractivity contribution < 1.29 is 0 Å². The van der Waals surface area contributed by atoms with Crippen LogP contribution in [0.25, 0.3) is 5.69 Å². The van der Waals surface area contributed by atoms with E-state index in [1.807, 2.05) is 0 Å². The zero-order chi connectivity index (χ0) is 15.6. The largest absolute Gasteiger partial charge is 0.316 e. The summed E-state index contributed by atoms with van der Waals surface area (Å²) in [7, 11) is 0. The van der Waals surface area contributed by atoms with Gasteiger partial charge in [-0.25, -0.2) is 4.68 Å². The lowest BCUT2D eigenvalue weighted by molar-refractivity contribution is 0.630. The third-order valence-electron chi connectivity index (χ3n) is 4.13. The van der Waals surface area contributed by atoms with Gasteiger partial charge in [0.15, 0.2) is 0 Å². The second-order valence-electron chi connectivity index (χ2n) is 5.99. The monoisotopic (exact) mass is 285 g/mol. The highest BCUT2D eigenvalue weighted by Gasteiger charge is 2.18. The van der Waals surface area contributed by atoms with E-state index in [4.69, 9.17) is 5.10 Å². The fourth-order valence-electron chi connectivity index (χ4n) is 3.01. The number of hydrogen-bond acceptors (Lipinski definition) is 2. The maximum absolute atomic E-state index is 4.80. The van der Waals surface area contributed by atoms with Crippen LogP contribution < -0.4 is 5.32 Å². The van der Waals surface area contributed by atoms with Gasteiger partial charge in [-0.2, -0.15) is 5.10 Å².